The van der Waals surface area contributed by atoms with Crippen molar-refractivity contribution < 1.29 is 14.7 Å². The van der Waals surface area contributed by atoms with Crippen LogP contribution >= 0.6 is 11.6 Å². The summed E-state index contributed by atoms with van der Waals surface area (Å²) in [5, 5.41) is 10.9. The van der Waals surface area contributed by atoms with E-state index in [4.69, 9.17) is 16.7 Å². The smallest absolute Gasteiger partial charge is 0.322 e. The minimum atomic E-state index is -1.09. The van der Waals surface area contributed by atoms with E-state index in [2.05, 4.69) is 5.32 Å². The minimum absolute atomic E-state index is 0.281. The Labute approximate surface area is 91.9 Å². The van der Waals surface area contributed by atoms with Crippen molar-refractivity contribution in [3.05, 3.63) is 34.3 Å². The SMILES string of the molecule is Cc1ccc(C(=O)NCC(=O)O)c(Cl)c1. The van der Waals surface area contributed by atoms with E-state index >= 15 is 0 Å². The number of carboxylic acids is 1. The van der Waals surface area contributed by atoms with Gasteiger partial charge in [-0.05, 0) is 24.6 Å². The van der Waals surface area contributed by atoms with Crippen molar-refractivity contribution in [1.29, 1.82) is 0 Å². The van der Waals surface area contributed by atoms with E-state index in [-0.39, 0.29) is 5.56 Å². The lowest BCUT2D eigenvalue weighted by molar-refractivity contribution is -0.135. The van der Waals surface area contributed by atoms with Gasteiger partial charge in [0, 0.05) is 0 Å². The molecule has 0 unspecified atom stereocenters. The normalized spacial score (nSPS) is 9.73. The molecule has 0 bridgehead atoms. The molecule has 0 heterocycles. The van der Waals surface area contributed by atoms with Gasteiger partial charge in [-0.15, -0.1) is 0 Å². The lowest BCUT2D eigenvalue weighted by atomic mass is 10.1. The molecule has 2 N–H and O–H groups in total. The van der Waals surface area contributed by atoms with Crippen LogP contribution in [0.3, 0.4) is 0 Å². The summed E-state index contributed by atoms with van der Waals surface area (Å²) >= 11 is 5.83. The molecule has 4 nitrogen and oxygen atoms in total. The fraction of sp³-hybridized carbons (Fsp3) is 0.200. The van der Waals surface area contributed by atoms with E-state index in [1.807, 2.05) is 6.92 Å². The molecule has 0 aliphatic heterocycles. The highest BCUT2D eigenvalue weighted by atomic mass is 35.5. The van der Waals surface area contributed by atoms with Gasteiger partial charge in [-0.1, -0.05) is 17.7 Å². The highest BCUT2D eigenvalue weighted by Gasteiger charge is 2.10. The number of carbonyl (C=O) groups excluding carboxylic acids is 1. The summed E-state index contributed by atoms with van der Waals surface area (Å²) in [5.74, 6) is -1.58. The van der Waals surface area contributed by atoms with Gasteiger partial charge in [0.15, 0.2) is 0 Å². The van der Waals surface area contributed by atoms with Crippen molar-refractivity contribution in [3.63, 3.8) is 0 Å². The molecule has 1 aromatic carbocycles. The molecule has 0 saturated carbocycles. The molecule has 80 valence electrons. The largest absolute Gasteiger partial charge is 0.480 e. The van der Waals surface area contributed by atoms with Crippen LogP contribution in [0.25, 0.3) is 0 Å². The molecule has 1 amide bonds. The summed E-state index contributed by atoms with van der Waals surface area (Å²) in [6, 6.07) is 4.95. The summed E-state index contributed by atoms with van der Waals surface area (Å²) < 4.78 is 0. The number of carboxylic acid groups (broad SMARTS) is 1. The molecule has 0 atom stereocenters. The molecule has 1 aromatic rings. The summed E-state index contributed by atoms with van der Waals surface area (Å²) in [5.41, 5.74) is 1.22. The molecule has 0 aromatic heterocycles. The molecular formula is C10H10ClNO3. The van der Waals surface area contributed by atoms with E-state index in [0.717, 1.165) is 5.56 Å². The third kappa shape index (κ3) is 3.25. The van der Waals surface area contributed by atoms with Crippen LogP contribution in [-0.2, 0) is 4.79 Å². The maximum absolute atomic E-state index is 11.4. The van der Waals surface area contributed by atoms with Crippen molar-refractivity contribution in [1.82, 2.24) is 5.32 Å². The van der Waals surface area contributed by atoms with Gasteiger partial charge in [-0.2, -0.15) is 0 Å². The van der Waals surface area contributed by atoms with Gasteiger partial charge in [0.25, 0.3) is 5.91 Å². The summed E-state index contributed by atoms with van der Waals surface area (Å²) in [6.07, 6.45) is 0. The number of rotatable bonds is 3. The second-order valence-electron chi connectivity index (χ2n) is 3.06. The van der Waals surface area contributed by atoms with E-state index in [1.54, 1.807) is 18.2 Å². The van der Waals surface area contributed by atoms with Gasteiger partial charge in [0.05, 0.1) is 10.6 Å². The topological polar surface area (TPSA) is 66.4 Å². The Morgan fingerprint density at radius 1 is 1.47 bits per heavy atom. The summed E-state index contributed by atoms with van der Waals surface area (Å²) in [4.78, 5) is 21.6. The minimum Gasteiger partial charge on any atom is -0.480 e. The fourth-order valence-electron chi connectivity index (χ4n) is 1.06. The Hall–Kier alpha value is -1.55. The maximum Gasteiger partial charge on any atom is 0.322 e. The van der Waals surface area contributed by atoms with Gasteiger partial charge < -0.3 is 10.4 Å². The van der Waals surface area contributed by atoms with Crippen molar-refractivity contribution >= 4 is 23.5 Å². The molecule has 0 aliphatic rings. The Kier molecular flexibility index (Phi) is 3.68. The van der Waals surface area contributed by atoms with Crippen LogP contribution in [0.15, 0.2) is 18.2 Å². The monoisotopic (exact) mass is 227 g/mol. The van der Waals surface area contributed by atoms with Gasteiger partial charge in [-0.3, -0.25) is 9.59 Å². The van der Waals surface area contributed by atoms with Crippen LogP contribution in [0.4, 0.5) is 0 Å². The molecule has 5 heteroatoms. The lowest BCUT2D eigenvalue weighted by Gasteiger charge is -2.04. The molecule has 0 spiro atoms. The second-order valence-corrected chi connectivity index (χ2v) is 3.47. The van der Waals surface area contributed by atoms with Crippen molar-refractivity contribution in [2.45, 2.75) is 6.92 Å². The first-order valence-electron chi connectivity index (χ1n) is 4.27. The van der Waals surface area contributed by atoms with E-state index < -0.39 is 18.4 Å². The Morgan fingerprint density at radius 3 is 2.67 bits per heavy atom. The second kappa shape index (κ2) is 4.79. The first-order chi connectivity index (χ1) is 7.00. The van der Waals surface area contributed by atoms with Gasteiger partial charge in [-0.25, -0.2) is 0 Å². The number of aliphatic carboxylic acids is 1. The average molecular weight is 228 g/mol. The summed E-state index contributed by atoms with van der Waals surface area (Å²) in [6.45, 7) is 1.44. The quantitative estimate of drug-likeness (QED) is 0.822. The summed E-state index contributed by atoms with van der Waals surface area (Å²) in [7, 11) is 0. The zero-order valence-corrected chi connectivity index (χ0v) is 8.84. The molecule has 0 fully saturated rings. The van der Waals surface area contributed by atoms with E-state index in [9.17, 15) is 9.59 Å². The van der Waals surface area contributed by atoms with Crippen LogP contribution in [0, 0.1) is 6.92 Å². The molecule has 1 rings (SSSR count). The van der Waals surface area contributed by atoms with Crippen LogP contribution in [0.2, 0.25) is 5.02 Å². The molecule has 0 radical (unpaired) electrons. The van der Waals surface area contributed by atoms with E-state index in [1.165, 1.54) is 0 Å². The zero-order valence-electron chi connectivity index (χ0n) is 8.08. The van der Waals surface area contributed by atoms with Crippen LogP contribution in [0.1, 0.15) is 15.9 Å². The first kappa shape index (κ1) is 11.5. The third-order valence-electron chi connectivity index (χ3n) is 1.77. The highest BCUT2D eigenvalue weighted by Crippen LogP contribution is 2.17. The first-order valence-corrected chi connectivity index (χ1v) is 4.64. The average Bonchev–Trinajstić information content (AvgIpc) is 2.14. The number of hydrogen-bond acceptors (Lipinski definition) is 2. The lowest BCUT2D eigenvalue weighted by Crippen LogP contribution is -2.29. The van der Waals surface area contributed by atoms with Crippen LogP contribution in [0.5, 0.6) is 0 Å². The molecule has 0 aliphatic carbocycles. The Bertz CT molecular complexity index is 404. The highest BCUT2D eigenvalue weighted by molar-refractivity contribution is 6.33. The van der Waals surface area contributed by atoms with Crippen molar-refractivity contribution in [2.24, 2.45) is 0 Å². The number of carbonyl (C=O) groups is 2. The van der Waals surface area contributed by atoms with E-state index in [0.29, 0.717) is 5.02 Å². The maximum atomic E-state index is 11.4. The molecule has 15 heavy (non-hydrogen) atoms. The number of nitrogens with one attached hydrogen (secondary N) is 1. The van der Waals surface area contributed by atoms with Crippen LogP contribution < -0.4 is 5.32 Å². The molecular weight excluding hydrogens is 218 g/mol. The number of benzene rings is 1. The third-order valence-corrected chi connectivity index (χ3v) is 2.08. The predicted molar refractivity (Wildman–Crippen MR) is 56.2 cm³/mol. The van der Waals surface area contributed by atoms with Gasteiger partial charge >= 0.3 is 5.97 Å². The van der Waals surface area contributed by atoms with Crippen molar-refractivity contribution in [2.75, 3.05) is 6.54 Å². The Balaban J connectivity index is 2.78. The van der Waals surface area contributed by atoms with Gasteiger partial charge in [0.1, 0.15) is 6.54 Å². The number of halogens is 1. The standard InChI is InChI=1S/C10H10ClNO3/c1-6-2-3-7(8(11)4-6)10(15)12-5-9(13)14/h2-4H,5H2,1H3,(H,12,15)(H,13,14). The number of hydrogen-bond donors (Lipinski definition) is 2. The number of amides is 1. The van der Waals surface area contributed by atoms with Gasteiger partial charge in [0.2, 0.25) is 0 Å². The van der Waals surface area contributed by atoms with Crippen LogP contribution in [-0.4, -0.2) is 23.5 Å². The predicted octanol–water partition coefficient (Wildman–Crippen LogP) is 1.46. The number of aryl methyl sites for hydroxylation is 1. The Morgan fingerprint density at radius 2 is 2.13 bits per heavy atom. The zero-order chi connectivity index (χ0) is 11.4. The van der Waals surface area contributed by atoms with Crippen molar-refractivity contribution in [3.8, 4) is 0 Å². The fourth-order valence-corrected chi connectivity index (χ4v) is 1.38. The molecule has 0 saturated heterocycles.